The van der Waals surface area contributed by atoms with Crippen LogP contribution in [0.5, 0.6) is 0 Å². The van der Waals surface area contributed by atoms with E-state index in [0.717, 1.165) is 30.7 Å². The van der Waals surface area contributed by atoms with Gasteiger partial charge in [0.15, 0.2) is 0 Å². The highest BCUT2D eigenvalue weighted by Crippen LogP contribution is 2.27. The predicted molar refractivity (Wildman–Crippen MR) is 97.3 cm³/mol. The van der Waals surface area contributed by atoms with E-state index in [9.17, 15) is 4.79 Å². The predicted octanol–water partition coefficient (Wildman–Crippen LogP) is 4.54. The second kappa shape index (κ2) is 6.59. The van der Waals surface area contributed by atoms with Crippen molar-refractivity contribution in [3.8, 4) is 0 Å². The molecule has 3 aromatic rings. The molecular weight excluding hydrogens is 304 g/mol. The lowest BCUT2D eigenvalue weighted by Crippen LogP contribution is -2.32. The molecule has 0 N–H and O–H groups in total. The molecule has 0 unspecified atom stereocenters. The molecule has 4 heteroatoms. The van der Waals surface area contributed by atoms with E-state index >= 15 is 0 Å². The Hall–Kier alpha value is -2.07. The Morgan fingerprint density at radius 2 is 1.91 bits per heavy atom. The van der Waals surface area contributed by atoms with E-state index in [1.54, 1.807) is 11.3 Å². The topological polar surface area (TPSA) is 25.2 Å². The average molecular weight is 326 g/mol. The summed E-state index contributed by atoms with van der Waals surface area (Å²) < 4.78 is 2.17. The van der Waals surface area contributed by atoms with Crippen LogP contribution in [-0.2, 0) is 6.54 Å². The van der Waals surface area contributed by atoms with Crippen LogP contribution in [0.3, 0.4) is 0 Å². The largest absolute Gasteiger partial charge is 0.338 e. The zero-order valence-electron chi connectivity index (χ0n) is 13.9. The molecule has 2 aromatic heterocycles. The summed E-state index contributed by atoms with van der Waals surface area (Å²) in [7, 11) is 0. The van der Waals surface area contributed by atoms with Gasteiger partial charge in [-0.1, -0.05) is 24.3 Å². The highest BCUT2D eigenvalue weighted by atomic mass is 32.1. The van der Waals surface area contributed by atoms with Crippen LogP contribution in [0.25, 0.3) is 10.2 Å². The molecule has 2 heterocycles. The molecule has 0 radical (unpaired) electrons. The Labute approximate surface area is 141 Å². The van der Waals surface area contributed by atoms with Crippen LogP contribution in [0.15, 0.2) is 41.8 Å². The second-order valence-electron chi connectivity index (χ2n) is 5.70. The van der Waals surface area contributed by atoms with Gasteiger partial charge in [0, 0.05) is 25.0 Å². The molecule has 0 spiro atoms. The fourth-order valence-electron chi connectivity index (χ4n) is 2.94. The Morgan fingerprint density at radius 3 is 2.61 bits per heavy atom. The lowest BCUT2D eigenvalue weighted by atomic mass is 10.1. The number of fused-ring (bicyclic) bond motifs is 1. The number of aromatic nitrogens is 1. The van der Waals surface area contributed by atoms with Gasteiger partial charge in [0.1, 0.15) is 10.5 Å². The average Bonchev–Trinajstić information content (AvgIpc) is 3.13. The summed E-state index contributed by atoms with van der Waals surface area (Å²) in [5.74, 6) is 0.118. The van der Waals surface area contributed by atoms with Crippen molar-refractivity contribution >= 4 is 27.5 Å². The fourth-order valence-corrected chi connectivity index (χ4v) is 3.84. The number of rotatable bonds is 5. The zero-order valence-corrected chi connectivity index (χ0v) is 14.7. The van der Waals surface area contributed by atoms with Gasteiger partial charge < -0.3 is 9.47 Å². The third-order valence-corrected chi connectivity index (χ3v) is 5.31. The maximum Gasteiger partial charge on any atom is 0.270 e. The maximum absolute atomic E-state index is 12.9. The minimum absolute atomic E-state index is 0.118. The zero-order chi connectivity index (χ0) is 16.4. The Morgan fingerprint density at radius 1 is 1.17 bits per heavy atom. The molecule has 1 aromatic carbocycles. The number of amides is 1. The van der Waals surface area contributed by atoms with E-state index in [0.29, 0.717) is 0 Å². The van der Waals surface area contributed by atoms with Crippen LogP contribution < -0.4 is 0 Å². The van der Waals surface area contributed by atoms with E-state index in [1.165, 1.54) is 16.0 Å². The van der Waals surface area contributed by atoms with Crippen molar-refractivity contribution in [2.24, 2.45) is 0 Å². The molecule has 23 heavy (non-hydrogen) atoms. The highest BCUT2D eigenvalue weighted by molar-refractivity contribution is 7.16. The number of aryl methyl sites for hydroxylation is 1. The van der Waals surface area contributed by atoms with E-state index < -0.39 is 0 Å². The van der Waals surface area contributed by atoms with Crippen molar-refractivity contribution in [2.75, 3.05) is 13.1 Å². The Kier molecular flexibility index (Phi) is 4.53. The Balaban J connectivity index is 2.07. The number of thiophene rings is 1. The fraction of sp³-hybridized carbons (Fsp3) is 0.316. The van der Waals surface area contributed by atoms with Crippen molar-refractivity contribution in [3.63, 3.8) is 0 Å². The van der Waals surface area contributed by atoms with Gasteiger partial charge in [-0.2, -0.15) is 0 Å². The molecule has 120 valence electrons. The third-order valence-electron chi connectivity index (χ3n) is 4.36. The molecule has 3 nitrogen and oxygen atoms in total. The summed E-state index contributed by atoms with van der Waals surface area (Å²) in [6.07, 6.45) is 0. The Bertz CT molecular complexity index is 827. The van der Waals surface area contributed by atoms with Gasteiger partial charge in [0.25, 0.3) is 5.91 Å². The normalized spacial score (nSPS) is 11.1. The second-order valence-corrected chi connectivity index (χ2v) is 6.60. The minimum Gasteiger partial charge on any atom is -0.338 e. The first-order valence-electron chi connectivity index (χ1n) is 8.06. The molecule has 0 saturated carbocycles. The van der Waals surface area contributed by atoms with Gasteiger partial charge in [0.2, 0.25) is 0 Å². The van der Waals surface area contributed by atoms with Crippen LogP contribution in [0.1, 0.15) is 35.5 Å². The third kappa shape index (κ3) is 2.91. The van der Waals surface area contributed by atoms with Gasteiger partial charge in [-0.3, -0.25) is 4.79 Å². The molecule has 0 atom stereocenters. The van der Waals surface area contributed by atoms with Crippen LogP contribution in [0.2, 0.25) is 0 Å². The van der Waals surface area contributed by atoms with Gasteiger partial charge in [-0.05, 0) is 49.4 Å². The molecule has 0 bridgehead atoms. The summed E-state index contributed by atoms with van der Waals surface area (Å²) in [4.78, 5) is 15.9. The number of carbonyl (C=O) groups is 1. The summed E-state index contributed by atoms with van der Waals surface area (Å²) in [5, 5.41) is 3.24. The number of nitrogens with zero attached hydrogens (tertiary/aromatic N) is 2. The maximum atomic E-state index is 12.9. The minimum atomic E-state index is 0.118. The quantitative estimate of drug-likeness (QED) is 0.675. The molecule has 0 fully saturated rings. The van der Waals surface area contributed by atoms with Gasteiger partial charge in [-0.15, -0.1) is 11.3 Å². The summed E-state index contributed by atoms with van der Waals surface area (Å²) in [6, 6.07) is 12.5. The van der Waals surface area contributed by atoms with E-state index in [2.05, 4.69) is 47.2 Å². The number of carbonyl (C=O) groups excluding carboxylic acids is 1. The van der Waals surface area contributed by atoms with Crippen molar-refractivity contribution in [1.82, 2.24) is 9.47 Å². The SMILES string of the molecule is CCN(CC)C(=O)c1cc2ccsc2n1Cc1ccccc1C. The van der Waals surface area contributed by atoms with E-state index in [1.807, 2.05) is 24.8 Å². The first kappa shape index (κ1) is 15.8. The molecule has 1 amide bonds. The van der Waals surface area contributed by atoms with Crippen molar-refractivity contribution in [1.29, 1.82) is 0 Å². The number of hydrogen-bond donors (Lipinski definition) is 0. The first-order chi connectivity index (χ1) is 11.2. The van der Waals surface area contributed by atoms with Crippen LogP contribution >= 0.6 is 11.3 Å². The first-order valence-corrected chi connectivity index (χ1v) is 8.94. The van der Waals surface area contributed by atoms with Gasteiger partial charge in [0.05, 0.1) is 0 Å². The molecule has 0 aliphatic heterocycles. The van der Waals surface area contributed by atoms with E-state index in [4.69, 9.17) is 0 Å². The standard InChI is InChI=1S/C19H22N2OS/c1-4-20(5-2)18(22)17-12-15-10-11-23-19(15)21(17)13-16-9-7-6-8-14(16)3/h6-12H,4-5,13H2,1-3H3. The number of benzene rings is 1. The summed E-state index contributed by atoms with van der Waals surface area (Å²) in [6.45, 7) is 8.38. The van der Waals surface area contributed by atoms with Crippen molar-refractivity contribution in [2.45, 2.75) is 27.3 Å². The van der Waals surface area contributed by atoms with Crippen LogP contribution in [0.4, 0.5) is 0 Å². The summed E-state index contributed by atoms with van der Waals surface area (Å²) >= 11 is 1.70. The lowest BCUT2D eigenvalue weighted by molar-refractivity contribution is 0.0763. The lowest BCUT2D eigenvalue weighted by Gasteiger charge is -2.20. The van der Waals surface area contributed by atoms with Crippen molar-refractivity contribution in [3.05, 3.63) is 58.6 Å². The van der Waals surface area contributed by atoms with Gasteiger partial charge >= 0.3 is 0 Å². The monoisotopic (exact) mass is 326 g/mol. The highest BCUT2D eigenvalue weighted by Gasteiger charge is 2.20. The van der Waals surface area contributed by atoms with Crippen molar-refractivity contribution < 1.29 is 4.79 Å². The van der Waals surface area contributed by atoms with Crippen LogP contribution in [0, 0.1) is 6.92 Å². The smallest absolute Gasteiger partial charge is 0.270 e. The molecular formula is C19H22N2OS. The van der Waals surface area contributed by atoms with Gasteiger partial charge in [-0.25, -0.2) is 0 Å². The molecule has 0 saturated heterocycles. The molecule has 0 aliphatic rings. The molecule has 0 aliphatic carbocycles. The number of hydrogen-bond acceptors (Lipinski definition) is 2. The summed E-state index contributed by atoms with van der Waals surface area (Å²) in [5.41, 5.74) is 3.30. The molecule has 3 rings (SSSR count). The van der Waals surface area contributed by atoms with Crippen LogP contribution in [-0.4, -0.2) is 28.5 Å². The van der Waals surface area contributed by atoms with E-state index in [-0.39, 0.29) is 5.91 Å².